The minimum Gasteiger partial charge on any atom is -0.477 e. The summed E-state index contributed by atoms with van der Waals surface area (Å²) < 4.78 is 75.5. The molecule has 1 amide bonds. The van der Waals surface area contributed by atoms with Gasteiger partial charge in [0.05, 0.1) is 23.9 Å². The van der Waals surface area contributed by atoms with Crippen molar-refractivity contribution in [3.63, 3.8) is 0 Å². The largest absolute Gasteiger partial charge is 0.477 e. The van der Waals surface area contributed by atoms with Crippen molar-refractivity contribution in [1.29, 1.82) is 0 Å². The van der Waals surface area contributed by atoms with E-state index in [1.165, 1.54) is 37.6 Å². The molecule has 1 fully saturated rings. The number of alkyl halides is 3. The van der Waals surface area contributed by atoms with Crippen LogP contribution in [-0.4, -0.2) is 47.9 Å². The number of ether oxygens (including phenoxy) is 2. The van der Waals surface area contributed by atoms with Crippen molar-refractivity contribution in [3.05, 3.63) is 53.0 Å². The number of hydrogen-bond donors (Lipinski definition) is 1. The van der Waals surface area contributed by atoms with Gasteiger partial charge in [-0.3, -0.25) is 4.79 Å². The smallest absolute Gasteiger partial charge is 0.435 e. The Morgan fingerprint density at radius 1 is 1.13 bits per heavy atom. The van der Waals surface area contributed by atoms with E-state index in [1.807, 2.05) is 6.92 Å². The van der Waals surface area contributed by atoms with Crippen LogP contribution in [0.4, 0.5) is 18.9 Å². The number of aromatic nitrogens is 4. The molecule has 0 saturated heterocycles. The summed E-state index contributed by atoms with van der Waals surface area (Å²) in [6, 6.07) is 5.26. The van der Waals surface area contributed by atoms with Crippen LogP contribution in [0.1, 0.15) is 53.5 Å². The summed E-state index contributed by atoms with van der Waals surface area (Å²) in [5.41, 5.74) is -1.97. The van der Waals surface area contributed by atoms with Crippen LogP contribution >= 0.6 is 0 Å². The number of hydrogen-bond acceptors (Lipinski definition) is 9. The number of nitrogens with one attached hydrogen (secondary N) is 1. The maximum absolute atomic E-state index is 13.6. The summed E-state index contributed by atoms with van der Waals surface area (Å²) in [7, 11) is -2.28. The fraction of sp³-hybridized carbons (Fsp3) is 0.375. The van der Waals surface area contributed by atoms with E-state index in [0.717, 1.165) is 32.4 Å². The predicted octanol–water partition coefficient (Wildman–Crippen LogP) is 4.49. The Balaban J connectivity index is 1.75. The minimum atomic E-state index is -4.90. The van der Waals surface area contributed by atoms with Gasteiger partial charge in [0.25, 0.3) is 23.5 Å². The molecule has 1 saturated carbocycles. The molecule has 0 aliphatic heterocycles. The molecule has 0 unspecified atom stereocenters. The molecule has 4 rings (SSSR count). The second-order valence-corrected chi connectivity index (χ2v) is 11.2. The molecule has 0 radical (unpaired) electrons. The van der Waals surface area contributed by atoms with Crippen molar-refractivity contribution in [2.75, 3.05) is 18.7 Å². The van der Waals surface area contributed by atoms with E-state index in [0.29, 0.717) is 5.69 Å². The molecule has 0 atom stereocenters. The lowest BCUT2D eigenvalue weighted by molar-refractivity contribution is -0.142. The van der Waals surface area contributed by atoms with Crippen molar-refractivity contribution in [2.45, 2.75) is 49.6 Å². The number of anilines is 1. The van der Waals surface area contributed by atoms with Crippen LogP contribution in [0.5, 0.6) is 17.6 Å². The standard InChI is InChI=1S/C24H24F3N5O5S/c1-13-17(19(33)29-14-7-5-8-15(11-14)38(4,34)35)20(32-31-18(13)24(25,26)27)37-21-22(36-3)30-16(12-28-21)23(2)9-6-10-23/h5,7-8,11-12H,6,9-10H2,1-4H3,(H,29,33). The molecule has 1 N–H and O–H groups in total. The highest BCUT2D eigenvalue weighted by Crippen LogP contribution is 2.43. The highest BCUT2D eigenvalue weighted by molar-refractivity contribution is 7.90. The van der Waals surface area contributed by atoms with E-state index in [2.05, 4.69) is 25.5 Å². The second-order valence-electron chi connectivity index (χ2n) is 9.19. The zero-order valence-corrected chi connectivity index (χ0v) is 21.7. The van der Waals surface area contributed by atoms with Gasteiger partial charge in [0.15, 0.2) is 15.5 Å². The predicted molar refractivity (Wildman–Crippen MR) is 129 cm³/mol. The third-order valence-corrected chi connectivity index (χ3v) is 7.48. The van der Waals surface area contributed by atoms with Crippen LogP contribution < -0.4 is 14.8 Å². The molecular formula is C24H24F3N5O5S. The minimum absolute atomic E-state index is 0.0316. The van der Waals surface area contributed by atoms with Gasteiger partial charge in [-0.1, -0.05) is 19.4 Å². The van der Waals surface area contributed by atoms with Gasteiger partial charge in [-0.15, -0.1) is 10.2 Å². The van der Waals surface area contributed by atoms with Gasteiger partial charge in [-0.25, -0.2) is 18.4 Å². The molecule has 10 nitrogen and oxygen atoms in total. The Bertz CT molecular complexity index is 1510. The molecule has 14 heteroatoms. The van der Waals surface area contributed by atoms with Gasteiger partial charge in [-0.05, 0) is 43.5 Å². The highest BCUT2D eigenvalue weighted by atomic mass is 32.2. The van der Waals surface area contributed by atoms with Crippen molar-refractivity contribution < 1.29 is 35.9 Å². The summed E-state index contributed by atoms with van der Waals surface area (Å²) in [6.45, 7) is 3.09. The summed E-state index contributed by atoms with van der Waals surface area (Å²) in [4.78, 5) is 21.8. The Morgan fingerprint density at radius 2 is 1.84 bits per heavy atom. The van der Waals surface area contributed by atoms with Gasteiger partial charge < -0.3 is 14.8 Å². The van der Waals surface area contributed by atoms with E-state index in [9.17, 15) is 26.4 Å². The summed E-state index contributed by atoms with van der Waals surface area (Å²) in [5.74, 6) is -1.86. The maximum atomic E-state index is 13.6. The van der Waals surface area contributed by atoms with Gasteiger partial charge >= 0.3 is 6.18 Å². The number of benzene rings is 1. The van der Waals surface area contributed by atoms with Crippen LogP contribution in [0.15, 0.2) is 35.4 Å². The third-order valence-electron chi connectivity index (χ3n) is 6.37. The van der Waals surface area contributed by atoms with E-state index in [4.69, 9.17) is 9.47 Å². The quantitative estimate of drug-likeness (QED) is 0.451. The SMILES string of the molecule is COc1nc(C2(C)CCC2)cnc1Oc1nnc(C(F)(F)F)c(C)c1C(=O)Nc1cccc(S(C)(=O)=O)c1. The van der Waals surface area contributed by atoms with Crippen LogP contribution in [0.2, 0.25) is 0 Å². The number of carbonyl (C=O) groups excluding carboxylic acids is 1. The van der Waals surface area contributed by atoms with Crippen molar-refractivity contribution >= 4 is 21.4 Å². The summed E-state index contributed by atoms with van der Waals surface area (Å²) >= 11 is 0. The fourth-order valence-electron chi connectivity index (χ4n) is 4.02. The molecule has 0 spiro atoms. The zero-order valence-electron chi connectivity index (χ0n) is 20.9. The molecular weight excluding hydrogens is 527 g/mol. The molecule has 38 heavy (non-hydrogen) atoms. The van der Waals surface area contributed by atoms with E-state index in [-0.39, 0.29) is 27.8 Å². The molecule has 1 aliphatic rings. The van der Waals surface area contributed by atoms with Crippen molar-refractivity contribution in [2.24, 2.45) is 0 Å². The number of nitrogens with zero attached hydrogens (tertiary/aromatic N) is 4. The Kier molecular flexibility index (Phi) is 7.03. The number of rotatable bonds is 7. The number of sulfone groups is 1. The Labute approximate surface area is 216 Å². The van der Waals surface area contributed by atoms with Gasteiger partial charge in [0.1, 0.15) is 5.56 Å². The topological polar surface area (TPSA) is 133 Å². The molecule has 2 aromatic heterocycles. The van der Waals surface area contributed by atoms with Crippen LogP contribution in [0.3, 0.4) is 0 Å². The number of methoxy groups -OCH3 is 1. The molecule has 0 bridgehead atoms. The zero-order chi connectivity index (χ0) is 27.9. The normalized spacial score (nSPS) is 14.9. The second kappa shape index (κ2) is 9.82. The van der Waals surface area contributed by atoms with Crippen LogP contribution in [-0.2, 0) is 21.4 Å². The van der Waals surface area contributed by atoms with E-state index < -0.39 is 44.6 Å². The van der Waals surface area contributed by atoms with E-state index >= 15 is 0 Å². The van der Waals surface area contributed by atoms with Gasteiger partial charge in [0, 0.05) is 17.4 Å². The molecule has 202 valence electrons. The lowest BCUT2D eigenvalue weighted by Gasteiger charge is -2.37. The first-order chi connectivity index (χ1) is 17.7. The summed E-state index contributed by atoms with van der Waals surface area (Å²) in [6.07, 6.45) is 0.442. The number of amides is 1. The maximum Gasteiger partial charge on any atom is 0.435 e. The lowest BCUT2D eigenvalue weighted by atomic mass is 9.68. The molecule has 1 aliphatic carbocycles. The first-order valence-corrected chi connectivity index (χ1v) is 13.3. The molecule has 2 heterocycles. The summed E-state index contributed by atoms with van der Waals surface area (Å²) in [5, 5.41) is 9.15. The molecule has 1 aromatic carbocycles. The van der Waals surface area contributed by atoms with Gasteiger partial charge in [0.2, 0.25) is 0 Å². The Hall–Kier alpha value is -3.81. The Morgan fingerprint density at radius 3 is 2.42 bits per heavy atom. The first-order valence-electron chi connectivity index (χ1n) is 11.4. The molecule has 3 aromatic rings. The highest BCUT2D eigenvalue weighted by Gasteiger charge is 2.39. The average molecular weight is 552 g/mol. The third kappa shape index (κ3) is 5.39. The lowest BCUT2D eigenvalue weighted by Crippen LogP contribution is -2.31. The van der Waals surface area contributed by atoms with Crippen molar-refractivity contribution in [3.8, 4) is 17.6 Å². The van der Waals surface area contributed by atoms with Crippen LogP contribution in [0.25, 0.3) is 0 Å². The van der Waals surface area contributed by atoms with Crippen LogP contribution in [0, 0.1) is 6.92 Å². The monoisotopic (exact) mass is 551 g/mol. The fourth-order valence-corrected chi connectivity index (χ4v) is 4.68. The first kappa shape index (κ1) is 27.2. The average Bonchev–Trinajstić information content (AvgIpc) is 2.81. The number of halogens is 3. The number of carbonyl (C=O) groups is 1. The van der Waals surface area contributed by atoms with E-state index in [1.54, 1.807) is 0 Å². The van der Waals surface area contributed by atoms with Crippen molar-refractivity contribution in [1.82, 2.24) is 20.2 Å². The van der Waals surface area contributed by atoms with Gasteiger partial charge in [-0.2, -0.15) is 13.2 Å².